The Morgan fingerprint density at radius 3 is 2.80 bits per heavy atom. The first kappa shape index (κ1) is 15.8. The zero-order valence-corrected chi connectivity index (χ0v) is 13.7. The Labute approximate surface area is 131 Å². The van der Waals surface area contributed by atoms with Gasteiger partial charge in [0.1, 0.15) is 0 Å². The summed E-state index contributed by atoms with van der Waals surface area (Å²) < 4.78 is 0. The first-order valence-corrected chi connectivity index (χ1v) is 8.06. The molecule has 2 bridgehead atoms. The Balaban J connectivity index is 0.00000147. The molecule has 0 aromatic carbocycles. The summed E-state index contributed by atoms with van der Waals surface area (Å²) in [5.74, 6) is 0.311. The number of carbonyl (C=O) groups is 1. The van der Waals surface area contributed by atoms with E-state index >= 15 is 0 Å². The Hall–Kier alpha value is -0.580. The highest BCUT2D eigenvalue weighted by atomic mass is 35.5. The van der Waals surface area contributed by atoms with Crippen molar-refractivity contribution < 1.29 is 4.79 Å². The van der Waals surface area contributed by atoms with Crippen molar-refractivity contribution in [3.63, 3.8) is 0 Å². The van der Waals surface area contributed by atoms with Crippen molar-refractivity contribution in [2.24, 2.45) is 0 Å². The fraction of sp³-hybridized carbons (Fsp3) is 0.667. The Bertz CT molecular complexity index is 446. The highest BCUT2D eigenvalue weighted by Crippen LogP contribution is 2.35. The van der Waals surface area contributed by atoms with Gasteiger partial charge in [-0.05, 0) is 51.1 Å². The van der Waals surface area contributed by atoms with Gasteiger partial charge in [-0.1, -0.05) is 6.07 Å². The monoisotopic (exact) mass is 314 g/mol. The van der Waals surface area contributed by atoms with Crippen LogP contribution in [0.25, 0.3) is 0 Å². The highest BCUT2D eigenvalue weighted by molar-refractivity contribution is 7.10. The van der Waals surface area contributed by atoms with E-state index in [0.717, 1.165) is 25.9 Å². The second-order valence-corrected chi connectivity index (χ2v) is 7.14. The van der Waals surface area contributed by atoms with Crippen LogP contribution in [0.5, 0.6) is 0 Å². The summed E-state index contributed by atoms with van der Waals surface area (Å²) in [4.78, 5) is 16.4. The van der Waals surface area contributed by atoms with Crippen LogP contribution in [0.3, 0.4) is 0 Å². The average Bonchev–Trinajstić information content (AvgIpc) is 2.95. The second-order valence-electron chi connectivity index (χ2n) is 6.19. The van der Waals surface area contributed by atoms with E-state index < -0.39 is 0 Å². The van der Waals surface area contributed by atoms with Gasteiger partial charge < -0.3 is 10.2 Å². The number of nitrogens with zero attached hydrogens (tertiary/aromatic N) is 1. The van der Waals surface area contributed by atoms with E-state index in [2.05, 4.69) is 35.5 Å². The fourth-order valence-electron chi connectivity index (χ4n) is 3.38. The molecule has 2 unspecified atom stereocenters. The summed E-state index contributed by atoms with van der Waals surface area (Å²) in [6.07, 6.45) is 3.44. The molecule has 2 aliphatic heterocycles. The molecule has 0 spiro atoms. The van der Waals surface area contributed by atoms with Crippen molar-refractivity contribution in [2.75, 3.05) is 13.1 Å². The van der Waals surface area contributed by atoms with Gasteiger partial charge in [0, 0.05) is 23.5 Å². The number of nitrogens with one attached hydrogen (secondary N) is 1. The second kappa shape index (κ2) is 6.04. The number of hydrogen-bond donors (Lipinski definition) is 1. The van der Waals surface area contributed by atoms with E-state index in [1.165, 1.54) is 11.3 Å². The molecule has 1 N–H and O–H groups in total. The normalized spacial score (nSPS) is 26.0. The number of fused-ring (bicyclic) bond motifs is 2. The summed E-state index contributed by atoms with van der Waals surface area (Å²) in [5, 5.41) is 5.52. The predicted octanol–water partition coefficient (Wildman–Crippen LogP) is 2.80. The number of rotatable bonds is 2. The minimum Gasteiger partial charge on any atom is -0.335 e. The standard InChI is InChI=1S/C15H22N2OS.ClH/c1-15(2,13-4-3-9-19-13)14(18)17-11-5-6-12(17)10-16-8-7-11;/h3-4,9,11-12,16H,5-8,10H2,1-2H3;1H. The minimum absolute atomic E-state index is 0. The maximum absolute atomic E-state index is 13.0. The lowest BCUT2D eigenvalue weighted by atomic mass is 9.89. The van der Waals surface area contributed by atoms with Crippen LogP contribution in [0.2, 0.25) is 0 Å². The van der Waals surface area contributed by atoms with Crippen LogP contribution < -0.4 is 5.32 Å². The molecule has 112 valence electrons. The van der Waals surface area contributed by atoms with Crippen molar-refractivity contribution in [1.29, 1.82) is 0 Å². The van der Waals surface area contributed by atoms with Crippen molar-refractivity contribution in [3.8, 4) is 0 Å². The summed E-state index contributed by atoms with van der Waals surface area (Å²) >= 11 is 1.69. The predicted molar refractivity (Wildman–Crippen MR) is 85.7 cm³/mol. The summed E-state index contributed by atoms with van der Waals surface area (Å²) in [5.41, 5.74) is -0.390. The topological polar surface area (TPSA) is 32.3 Å². The van der Waals surface area contributed by atoms with E-state index in [1.807, 2.05) is 6.07 Å². The molecule has 3 nitrogen and oxygen atoms in total. The van der Waals surface area contributed by atoms with E-state index in [1.54, 1.807) is 11.3 Å². The number of hydrogen-bond acceptors (Lipinski definition) is 3. The number of thiophene rings is 1. The van der Waals surface area contributed by atoms with Gasteiger partial charge in [0.25, 0.3) is 0 Å². The number of halogens is 1. The maximum atomic E-state index is 13.0. The van der Waals surface area contributed by atoms with Gasteiger partial charge in [-0.2, -0.15) is 0 Å². The smallest absolute Gasteiger partial charge is 0.234 e. The zero-order valence-electron chi connectivity index (χ0n) is 12.1. The quantitative estimate of drug-likeness (QED) is 0.910. The van der Waals surface area contributed by atoms with E-state index in [-0.39, 0.29) is 17.8 Å². The van der Waals surface area contributed by atoms with Crippen LogP contribution in [-0.4, -0.2) is 36.0 Å². The van der Waals surface area contributed by atoms with Gasteiger partial charge in [-0.15, -0.1) is 23.7 Å². The molecule has 0 aliphatic carbocycles. The third-order valence-electron chi connectivity index (χ3n) is 4.56. The SMILES string of the molecule is CC(C)(C(=O)N1C2CCNCC1CC2)c1cccs1.Cl. The molecule has 3 rings (SSSR count). The molecule has 2 fully saturated rings. The molecule has 1 amide bonds. The van der Waals surface area contributed by atoms with Crippen LogP contribution in [0, 0.1) is 0 Å². The highest BCUT2D eigenvalue weighted by Gasteiger charge is 2.44. The molecule has 2 aliphatic rings. The molecule has 3 heterocycles. The molecule has 0 radical (unpaired) electrons. The molecule has 20 heavy (non-hydrogen) atoms. The van der Waals surface area contributed by atoms with Crippen molar-refractivity contribution in [1.82, 2.24) is 10.2 Å². The van der Waals surface area contributed by atoms with Gasteiger partial charge in [-0.3, -0.25) is 4.79 Å². The fourth-order valence-corrected chi connectivity index (χ4v) is 4.22. The van der Waals surface area contributed by atoms with Crippen molar-refractivity contribution >= 4 is 29.7 Å². The molecule has 2 atom stereocenters. The third-order valence-corrected chi connectivity index (χ3v) is 5.75. The summed E-state index contributed by atoms with van der Waals surface area (Å²) in [6.45, 7) is 6.14. The summed E-state index contributed by atoms with van der Waals surface area (Å²) in [6, 6.07) is 4.97. The Kier molecular flexibility index (Phi) is 4.77. The van der Waals surface area contributed by atoms with Gasteiger partial charge in [0.2, 0.25) is 5.91 Å². The lowest BCUT2D eigenvalue weighted by Crippen LogP contribution is -2.49. The van der Waals surface area contributed by atoms with Crippen LogP contribution in [-0.2, 0) is 10.2 Å². The lowest BCUT2D eigenvalue weighted by molar-refractivity contribution is -0.138. The van der Waals surface area contributed by atoms with Gasteiger partial charge >= 0.3 is 0 Å². The van der Waals surface area contributed by atoms with E-state index in [0.29, 0.717) is 18.0 Å². The average molecular weight is 315 g/mol. The molecule has 0 saturated carbocycles. The Morgan fingerprint density at radius 1 is 1.35 bits per heavy atom. The van der Waals surface area contributed by atoms with Gasteiger partial charge in [0.05, 0.1) is 5.41 Å². The number of carbonyl (C=O) groups excluding carboxylic acids is 1. The van der Waals surface area contributed by atoms with Crippen molar-refractivity contribution in [3.05, 3.63) is 22.4 Å². The molecular weight excluding hydrogens is 292 g/mol. The molecule has 1 aromatic rings. The minimum atomic E-state index is -0.390. The molecule has 2 saturated heterocycles. The van der Waals surface area contributed by atoms with Crippen molar-refractivity contribution in [2.45, 2.75) is 50.6 Å². The lowest BCUT2D eigenvalue weighted by Gasteiger charge is -2.35. The van der Waals surface area contributed by atoms with E-state index in [4.69, 9.17) is 0 Å². The van der Waals surface area contributed by atoms with Crippen LogP contribution in [0.1, 0.15) is 38.0 Å². The molecule has 1 aromatic heterocycles. The van der Waals surface area contributed by atoms with Gasteiger partial charge in [0.15, 0.2) is 0 Å². The molecular formula is C15H23ClN2OS. The number of amides is 1. The third kappa shape index (κ3) is 2.61. The van der Waals surface area contributed by atoms with Gasteiger partial charge in [-0.25, -0.2) is 0 Å². The van der Waals surface area contributed by atoms with E-state index in [9.17, 15) is 4.79 Å². The summed E-state index contributed by atoms with van der Waals surface area (Å²) in [7, 11) is 0. The first-order valence-electron chi connectivity index (χ1n) is 7.18. The molecule has 5 heteroatoms. The van der Waals surface area contributed by atoms with Crippen LogP contribution in [0.15, 0.2) is 17.5 Å². The van der Waals surface area contributed by atoms with Crippen LogP contribution >= 0.6 is 23.7 Å². The zero-order chi connectivity index (χ0) is 13.5. The Morgan fingerprint density at radius 2 is 2.10 bits per heavy atom. The maximum Gasteiger partial charge on any atom is 0.234 e. The largest absolute Gasteiger partial charge is 0.335 e. The van der Waals surface area contributed by atoms with Crippen LogP contribution in [0.4, 0.5) is 0 Å². The first-order chi connectivity index (χ1) is 9.10.